The second kappa shape index (κ2) is 8.42. The summed E-state index contributed by atoms with van der Waals surface area (Å²) in [6, 6.07) is 3.64. The number of carbonyl (C=O) groups is 1. The monoisotopic (exact) mass is 382 g/mol. The zero-order valence-electron chi connectivity index (χ0n) is 11.4. The van der Waals surface area contributed by atoms with Crippen LogP contribution in [-0.2, 0) is 19.6 Å². The number of carbonyl (C=O) groups excluding carboxylic acids is 1. The fourth-order valence-electron chi connectivity index (χ4n) is 1.45. The predicted molar refractivity (Wildman–Crippen MR) is 78.8 cm³/mol. The standard InChI is InChI=1S/C12H16BrFN2O4S/c1-20-7-6-15-12(17)4-5-16-21(18,19)11-3-2-9(13)8-10(11)14/h2-3,8,16H,4-7H2,1H3,(H,15,17). The Kier molecular flexibility index (Phi) is 7.23. The van der Waals surface area contributed by atoms with E-state index in [1.165, 1.54) is 13.2 Å². The molecule has 0 bridgehead atoms. The molecular formula is C12H16BrFN2O4S. The highest BCUT2D eigenvalue weighted by Gasteiger charge is 2.18. The van der Waals surface area contributed by atoms with Gasteiger partial charge in [0.25, 0.3) is 0 Å². The summed E-state index contributed by atoms with van der Waals surface area (Å²) >= 11 is 3.05. The topological polar surface area (TPSA) is 84.5 Å². The highest BCUT2D eigenvalue weighted by Crippen LogP contribution is 2.19. The van der Waals surface area contributed by atoms with E-state index in [0.29, 0.717) is 17.6 Å². The Balaban J connectivity index is 2.52. The minimum atomic E-state index is -3.98. The maximum atomic E-state index is 13.6. The third-order valence-electron chi connectivity index (χ3n) is 2.46. The van der Waals surface area contributed by atoms with Gasteiger partial charge in [-0.05, 0) is 18.2 Å². The molecule has 0 aromatic heterocycles. The van der Waals surface area contributed by atoms with Gasteiger partial charge in [0.2, 0.25) is 15.9 Å². The highest BCUT2D eigenvalue weighted by molar-refractivity contribution is 9.10. The SMILES string of the molecule is COCCNC(=O)CCNS(=O)(=O)c1ccc(Br)cc1F. The number of benzene rings is 1. The molecule has 0 aliphatic rings. The van der Waals surface area contributed by atoms with Crippen molar-refractivity contribution in [1.82, 2.24) is 10.0 Å². The largest absolute Gasteiger partial charge is 0.383 e. The van der Waals surface area contributed by atoms with Gasteiger partial charge in [0.05, 0.1) is 6.61 Å². The van der Waals surface area contributed by atoms with E-state index < -0.39 is 20.7 Å². The van der Waals surface area contributed by atoms with Gasteiger partial charge in [-0.25, -0.2) is 17.5 Å². The van der Waals surface area contributed by atoms with Crippen LogP contribution in [0.3, 0.4) is 0 Å². The van der Waals surface area contributed by atoms with E-state index in [0.717, 1.165) is 12.1 Å². The predicted octanol–water partition coefficient (Wildman–Crippen LogP) is 1.02. The Labute approximate surface area is 131 Å². The van der Waals surface area contributed by atoms with Gasteiger partial charge < -0.3 is 10.1 Å². The molecule has 0 radical (unpaired) electrons. The first kappa shape index (κ1) is 18.0. The number of methoxy groups -OCH3 is 1. The van der Waals surface area contributed by atoms with Crippen molar-refractivity contribution in [3.05, 3.63) is 28.5 Å². The lowest BCUT2D eigenvalue weighted by Gasteiger charge is -2.08. The average molecular weight is 383 g/mol. The molecule has 9 heteroatoms. The molecule has 1 rings (SSSR count). The highest BCUT2D eigenvalue weighted by atomic mass is 79.9. The van der Waals surface area contributed by atoms with Crippen LogP contribution in [0.4, 0.5) is 4.39 Å². The van der Waals surface area contributed by atoms with Crippen molar-refractivity contribution in [2.24, 2.45) is 0 Å². The molecule has 0 unspecified atom stereocenters. The lowest BCUT2D eigenvalue weighted by Crippen LogP contribution is -2.32. The molecule has 1 aromatic rings. The number of hydrogen-bond donors (Lipinski definition) is 2. The maximum Gasteiger partial charge on any atom is 0.243 e. The van der Waals surface area contributed by atoms with Gasteiger partial charge in [-0.15, -0.1) is 0 Å². The summed E-state index contributed by atoms with van der Waals surface area (Å²) in [5.74, 6) is -1.17. The third kappa shape index (κ3) is 6.08. The summed E-state index contributed by atoms with van der Waals surface area (Å²) in [4.78, 5) is 10.9. The zero-order chi connectivity index (χ0) is 15.9. The molecule has 2 N–H and O–H groups in total. The van der Waals surface area contributed by atoms with Crippen LogP contribution in [0.25, 0.3) is 0 Å². The molecule has 0 spiro atoms. The van der Waals surface area contributed by atoms with Crippen LogP contribution >= 0.6 is 15.9 Å². The van der Waals surface area contributed by atoms with Crippen LogP contribution in [-0.4, -0.2) is 41.1 Å². The second-order valence-electron chi connectivity index (χ2n) is 4.07. The molecule has 0 saturated heterocycles. The van der Waals surface area contributed by atoms with Crippen LogP contribution in [0.5, 0.6) is 0 Å². The van der Waals surface area contributed by atoms with Gasteiger partial charge in [0.15, 0.2) is 0 Å². The van der Waals surface area contributed by atoms with E-state index in [9.17, 15) is 17.6 Å². The van der Waals surface area contributed by atoms with Crippen molar-refractivity contribution in [2.45, 2.75) is 11.3 Å². The molecule has 0 saturated carbocycles. The van der Waals surface area contributed by atoms with Crippen LogP contribution in [0.15, 0.2) is 27.6 Å². The number of sulfonamides is 1. The summed E-state index contributed by atoms with van der Waals surface area (Å²) < 4.78 is 44.8. The molecule has 0 fully saturated rings. The first-order valence-electron chi connectivity index (χ1n) is 6.07. The van der Waals surface area contributed by atoms with Gasteiger partial charge in [-0.1, -0.05) is 15.9 Å². The van der Waals surface area contributed by atoms with Crippen LogP contribution < -0.4 is 10.0 Å². The summed E-state index contributed by atoms with van der Waals surface area (Å²) in [5.41, 5.74) is 0. The molecule has 0 aliphatic carbocycles. The van der Waals surface area contributed by atoms with Crippen LogP contribution in [0, 0.1) is 5.82 Å². The van der Waals surface area contributed by atoms with Gasteiger partial charge in [-0.2, -0.15) is 0 Å². The normalized spacial score (nSPS) is 11.4. The molecule has 1 amide bonds. The van der Waals surface area contributed by atoms with E-state index in [1.807, 2.05) is 0 Å². The van der Waals surface area contributed by atoms with E-state index in [2.05, 4.69) is 26.0 Å². The van der Waals surface area contributed by atoms with Crippen LogP contribution in [0.2, 0.25) is 0 Å². The summed E-state index contributed by atoms with van der Waals surface area (Å²) in [5, 5.41) is 2.55. The Morgan fingerprint density at radius 1 is 1.38 bits per heavy atom. The molecule has 21 heavy (non-hydrogen) atoms. The number of nitrogens with one attached hydrogen (secondary N) is 2. The van der Waals surface area contributed by atoms with Gasteiger partial charge in [0.1, 0.15) is 10.7 Å². The molecule has 0 atom stereocenters. The van der Waals surface area contributed by atoms with Crippen molar-refractivity contribution >= 4 is 31.9 Å². The first-order valence-corrected chi connectivity index (χ1v) is 8.35. The Bertz CT molecular complexity index is 595. The lowest BCUT2D eigenvalue weighted by molar-refractivity contribution is -0.121. The molecule has 0 heterocycles. The van der Waals surface area contributed by atoms with Crippen molar-refractivity contribution in [3.8, 4) is 0 Å². The minimum absolute atomic E-state index is 0.0406. The summed E-state index contributed by atoms with van der Waals surface area (Å²) in [7, 11) is -2.47. The Hall–Kier alpha value is -1.03. The van der Waals surface area contributed by atoms with Crippen molar-refractivity contribution in [3.63, 3.8) is 0 Å². The summed E-state index contributed by atoms with van der Waals surface area (Å²) in [6.45, 7) is 0.613. The second-order valence-corrected chi connectivity index (χ2v) is 6.72. The fourth-order valence-corrected chi connectivity index (χ4v) is 2.87. The van der Waals surface area contributed by atoms with Gasteiger partial charge in [0, 0.05) is 31.1 Å². The van der Waals surface area contributed by atoms with E-state index in [4.69, 9.17) is 4.74 Å². The van der Waals surface area contributed by atoms with Gasteiger partial charge >= 0.3 is 0 Å². The number of ether oxygens (including phenoxy) is 1. The number of hydrogen-bond acceptors (Lipinski definition) is 4. The van der Waals surface area contributed by atoms with Crippen molar-refractivity contribution < 1.29 is 22.3 Å². The van der Waals surface area contributed by atoms with Crippen molar-refractivity contribution in [1.29, 1.82) is 0 Å². The Morgan fingerprint density at radius 3 is 2.71 bits per heavy atom. The van der Waals surface area contributed by atoms with E-state index >= 15 is 0 Å². The van der Waals surface area contributed by atoms with E-state index in [1.54, 1.807) is 0 Å². The molecule has 0 aliphatic heterocycles. The van der Waals surface area contributed by atoms with E-state index in [-0.39, 0.29) is 18.9 Å². The average Bonchev–Trinajstić information content (AvgIpc) is 2.38. The minimum Gasteiger partial charge on any atom is -0.383 e. The third-order valence-corrected chi connectivity index (χ3v) is 4.44. The molecule has 1 aromatic carbocycles. The number of amides is 1. The maximum absolute atomic E-state index is 13.6. The number of rotatable bonds is 8. The summed E-state index contributed by atoms with van der Waals surface area (Å²) in [6.07, 6.45) is -0.0406. The van der Waals surface area contributed by atoms with Gasteiger partial charge in [-0.3, -0.25) is 4.79 Å². The number of halogens is 2. The first-order chi connectivity index (χ1) is 9.86. The Morgan fingerprint density at radius 2 is 2.10 bits per heavy atom. The molecular weight excluding hydrogens is 367 g/mol. The smallest absolute Gasteiger partial charge is 0.243 e. The molecule has 6 nitrogen and oxygen atoms in total. The zero-order valence-corrected chi connectivity index (χ0v) is 13.8. The van der Waals surface area contributed by atoms with Crippen molar-refractivity contribution in [2.75, 3.05) is 26.8 Å². The lowest BCUT2D eigenvalue weighted by atomic mass is 10.3. The quantitative estimate of drug-likeness (QED) is 0.657. The molecule has 118 valence electrons. The van der Waals surface area contributed by atoms with Crippen LogP contribution in [0.1, 0.15) is 6.42 Å². The fraction of sp³-hybridized carbons (Fsp3) is 0.417.